The van der Waals surface area contributed by atoms with Crippen LogP contribution in [0, 0.1) is 0 Å². The first-order valence-corrected chi connectivity index (χ1v) is 9.06. The molecular formula is C21H23N3O3. The zero-order chi connectivity index (χ0) is 19.2. The van der Waals surface area contributed by atoms with Gasteiger partial charge in [-0.2, -0.15) is 0 Å². The van der Waals surface area contributed by atoms with Gasteiger partial charge < -0.3 is 16.0 Å². The van der Waals surface area contributed by atoms with E-state index >= 15 is 0 Å². The fourth-order valence-corrected chi connectivity index (χ4v) is 3.47. The summed E-state index contributed by atoms with van der Waals surface area (Å²) in [4.78, 5) is 38.6. The van der Waals surface area contributed by atoms with Gasteiger partial charge in [-0.15, -0.1) is 0 Å². The van der Waals surface area contributed by atoms with Gasteiger partial charge in [0.1, 0.15) is 12.1 Å². The van der Waals surface area contributed by atoms with Gasteiger partial charge in [0, 0.05) is 18.7 Å². The minimum absolute atomic E-state index is 0.229. The van der Waals surface area contributed by atoms with E-state index in [4.69, 9.17) is 5.73 Å². The van der Waals surface area contributed by atoms with Crippen molar-refractivity contribution in [3.05, 3.63) is 66.2 Å². The molecule has 1 unspecified atom stereocenters. The first-order valence-electron chi connectivity index (χ1n) is 9.06. The summed E-state index contributed by atoms with van der Waals surface area (Å²) in [7, 11) is 0. The van der Waals surface area contributed by atoms with Crippen LogP contribution in [-0.2, 0) is 20.8 Å². The molecule has 1 aliphatic rings. The third kappa shape index (κ3) is 4.53. The number of benzene rings is 2. The molecule has 27 heavy (non-hydrogen) atoms. The van der Waals surface area contributed by atoms with Crippen molar-refractivity contribution in [2.24, 2.45) is 5.73 Å². The minimum Gasteiger partial charge on any atom is -0.363 e. The number of carbonyl (C=O) groups is 3. The Bertz CT molecular complexity index is 808. The summed E-state index contributed by atoms with van der Waals surface area (Å²) in [6.07, 6.45) is 1.82. The lowest BCUT2D eigenvalue weighted by Gasteiger charge is -2.27. The monoisotopic (exact) mass is 365 g/mol. The Hall–Kier alpha value is -3.15. The van der Waals surface area contributed by atoms with E-state index in [1.165, 1.54) is 0 Å². The number of nitrogens with one attached hydrogen (secondary N) is 1. The Morgan fingerprint density at radius 3 is 2.30 bits per heavy atom. The zero-order valence-electron chi connectivity index (χ0n) is 15.0. The Balaban J connectivity index is 1.75. The number of ketones is 1. The van der Waals surface area contributed by atoms with Gasteiger partial charge in [-0.3, -0.25) is 14.4 Å². The van der Waals surface area contributed by atoms with E-state index in [0.717, 1.165) is 24.2 Å². The highest BCUT2D eigenvalue weighted by Crippen LogP contribution is 2.25. The molecule has 6 heteroatoms. The van der Waals surface area contributed by atoms with E-state index in [0.29, 0.717) is 6.42 Å². The number of nitrogens with two attached hydrogens (primary N) is 1. The molecule has 2 aromatic carbocycles. The molecule has 140 valence electrons. The van der Waals surface area contributed by atoms with Gasteiger partial charge >= 0.3 is 0 Å². The summed E-state index contributed by atoms with van der Waals surface area (Å²) >= 11 is 0. The molecule has 2 amide bonds. The largest absolute Gasteiger partial charge is 0.363 e. The first kappa shape index (κ1) is 18.6. The van der Waals surface area contributed by atoms with Crippen molar-refractivity contribution in [2.45, 2.75) is 31.3 Å². The van der Waals surface area contributed by atoms with E-state index in [1.807, 2.05) is 65.6 Å². The van der Waals surface area contributed by atoms with Gasteiger partial charge in [0.05, 0.1) is 0 Å². The van der Waals surface area contributed by atoms with Gasteiger partial charge in [-0.25, -0.2) is 0 Å². The second-order valence-electron chi connectivity index (χ2n) is 6.67. The fraction of sp³-hybridized carbons (Fsp3) is 0.286. The van der Waals surface area contributed by atoms with Crippen LogP contribution in [0.3, 0.4) is 0 Å². The summed E-state index contributed by atoms with van der Waals surface area (Å²) < 4.78 is 0. The van der Waals surface area contributed by atoms with Gasteiger partial charge in [0.15, 0.2) is 0 Å². The molecule has 1 saturated heterocycles. The second-order valence-corrected chi connectivity index (χ2v) is 6.67. The molecule has 1 fully saturated rings. The van der Waals surface area contributed by atoms with E-state index in [-0.39, 0.29) is 18.4 Å². The number of hydrogen-bond acceptors (Lipinski definition) is 4. The standard InChI is InChI=1S/C21H23N3O3/c22-20(26)19(25)17(14-15-8-3-1-4-9-15)23-21(27)18-12-7-13-24(18)16-10-5-2-6-11-16/h1-6,8-11,17-18H,7,12-14H2,(H2,22,26)(H,23,27)/t17-,18?/m0/s1. The Labute approximate surface area is 158 Å². The molecular weight excluding hydrogens is 342 g/mol. The fourth-order valence-electron chi connectivity index (χ4n) is 3.47. The summed E-state index contributed by atoms with van der Waals surface area (Å²) in [5, 5.41) is 2.76. The molecule has 2 atom stereocenters. The summed E-state index contributed by atoms with van der Waals surface area (Å²) in [6, 6.07) is 17.6. The van der Waals surface area contributed by atoms with Gasteiger partial charge in [0.25, 0.3) is 5.91 Å². The second kappa shape index (κ2) is 8.49. The lowest BCUT2D eigenvalue weighted by atomic mass is 10.0. The van der Waals surface area contributed by atoms with Crippen LogP contribution < -0.4 is 16.0 Å². The number of nitrogens with zero attached hydrogens (tertiary/aromatic N) is 1. The molecule has 1 aliphatic heterocycles. The highest BCUT2D eigenvalue weighted by molar-refractivity contribution is 6.37. The maximum Gasteiger partial charge on any atom is 0.287 e. The van der Waals surface area contributed by atoms with Crippen LogP contribution in [-0.4, -0.2) is 36.2 Å². The molecule has 0 aliphatic carbocycles. The van der Waals surface area contributed by atoms with Crippen LogP contribution in [0.1, 0.15) is 18.4 Å². The summed E-state index contributed by atoms with van der Waals surface area (Å²) in [5.41, 5.74) is 7.01. The predicted octanol–water partition coefficient (Wildman–Crippen LogP) is 1.44. The SMILES string of the molecule is NC(=O)C(=O)[C@H](Cc1ccccc1)NC(=O)C1CCCN1c1ccccc1. The highest BCUT2D eigenvalue weighted by atomic mass is 16.2. The topological polar surface area (TPSA) is 92.5 Å². The lowest BCUT2D eigenvalue weighted by Crippen LogP contribution is -2.52. The van der Waals surface area contributed by atoms with Gasteiger partial charge in [-0.05, 0) is 30.5 Å². The van der Waals surface area contributed by atoms with Gasteiger partial charge in [0.2, 0.25) is 11.7 Å². The Kier molecular flexibility index (Phi) is 5.86. The normalized spacial score (nSPS) is 17.3. The molecule has 1 heterocycles. The van der Waals surface area contributed by atoms with Gasteiger partial charge in [-0.1, -0.05) is 48.5 Å². The molecule has 0 bridgehead atoms. The maximum absolute atomic E-state index is 12.9. The molecule has 0 saturated carbocycles. The van der Waals surface area contributed by atoms with E-state index in [2.05, 4.69) is 5.32 Å². The Morgan fingerprint density at radius 2 is 1.67 bits per heavy atom. The average molecular weight is 365 g/mol. The van der Waals surface area contributed by atoms with Crippen molar-refractivity contribution in [1.82, 2.24) is 5.32 Å². The van der Waals surface area contributed by atoms with Crippen molar-refractivity contribution >= 4 is 23.3 Å². The average Bonchev–Trinajstić information content (AvgIpc) is 3.18. The van der Waals surface area contributed by atoms with Crippen molar-refractivity contribution in [2.75, 3.05) is 11.4 Å². The summed E-state index contributed by atoms with van der Waals surface area (Å²) in [6.45, 7) is 0.773. The van der Waals surface area contributed by atoms with E-state index < -0.39 is 17.7 Å². The van der Waals surface area contributed by atoms with Crippen LogP contribution in [0.4, 0.5) is 5.69 Å². The van der Waals surface area contributed by atoms with Crippen molar-refractivity contribution < 1.29 is 14.4 Å². The third-order valence-electron chi connectivity index (χ3n) is 4.80. The number of Topliss-reactive ketones (excluding diaryl/α,β-unsaturated/α-hetero) is 1. The molecule has 3 N–H and O–H groups in total. The quantitative estimate of drug-likeness (QED) is 0.726. The number of hydrogen-bond donors (Lipinski definition) is 2. The van der Waals surface area contributed by atoms with Crippen LogP contribution in [0.15, 0.2) is 60.7 Å². The van der Waals surface area contributed by atoms with Crippen molar-refractivity contribution in [1.29, 1.82) is 0 Å². The van der Waals surface area contributed by atoms with Crippen molar-refractivity contribution in [3.8, 4) is 0 Å². The molecule has 6 nitrogen and oxygen atoms in total. The van der Waals surface area contributed by atoms with Crippen LogP contribution in [0.5, 0.6) is 0 Å². The first-order chi connectivity index (χ1) is 13.1. The van der Waals surface area contributed by atoms with Crippen LogP contribution in [0.25, 0.3) is 0 Å². The number of para-hydroxylation sites is 1. The maximum atomic E-state index is 12.9. The number of anilines is 1. The summed E-state index contributed by atoms with van der Waals surface area (Å²) in [5.74, 6) is -2.08. The minimum atomic E-state index is -1.04. The number of carbonyl (C=O) groups excluding carboxylic acids is 3. The predicted molar refractivity (Wildman–Crippen MR) is 103 cm³/mol. The van der Waals surface area contributed by atoms with Crippen molar-refractivity contribution in [3.63, 3.8) is 0 Å². The smallest absolute Gasteiger partial charge is 0.287 e. The number of amides is 2. The zero-order valence-corrected chi connectivity index (χ0v) is 15.0. The third-order valence-corrected chi connectivity index (χ3v) is 4.80. The molecule has 2 aromatic rings. The number of rotatable bonds is 7. The van der Waals surface area contributed by atoms with Crippen LogP contribution in [0.2, 0.25) is 0 Å². The molecule has 0 radical (unpaired) electrons. The van der Waals surface area contributed by atoms with Crippen LogP contribution >= 0.6 is 0 Å². The van der Waals surface area contributed by atoms with E-state index in [9.17, 15) is 14.4 Å². The molecule has 0 spiro atoms. The van der Waals surface area contributed by atoms with E-state index in [1.54, 1.807) is 0 Å². The lowest BCUT2D eigenvalue weighted by molar-refractivity contribution is -0.138. The molecule has 3 rings (SSSR count). The Morgan fingerprint density at radius 1 is 1.04 bits per heavy atom. The number of primary amides is 1. The molecule has 0 aromatic heterocycles. The highest BCUT2D eigenvalue weighted by Gasteiger charge is 2.34.